The summed E-state index contributed by atoms with van der Waals surface area (Å²) in [5.74, 6) is 0.819. The standard InChI is InChI=1S/C20H21N3O5S2/c1-4-27-16-7-5-15(6-8-16)23-30(25,26)19-12-10-17(29-19)9-11-18-20(21-14(3)24)13(2)22-28-18/h5-12,23H,4H2,1-3H3,(H,21,24)/b11-9+. The van der Waals surface area contributed by atoms with Crippen LogP contribution >= 0.6 is 11.3 Å². The van der Waals surface area contributed by atoms with Crippen LogP contribution in [0.1, 0.15) is 30.2 Å². The van der Waals surface area contributed by atoms with E-state index in [1.54, 1.807) is 49.4 Å². The number of aryl methyl sites for hydroxylation is 1. The van der Waals surface area contributed by atoms with Crippen LogP contribution in [0, 0.1) is 6.92 Å². The molecule has 0 saturated heterocycles. The SMILES string of the molecule is CCOc1ccc(NS(=O)(=O)c2ccc(/C=C/c3onc(C)c3NC(C)=O)s2)cc1. The fraction of sp³-hybridized carbons (Fsp3) is 0.200. The first kappa shape index (κ1) is 21.6. The molecular formula is C20H21N3O5S2. The highest BCUT2D eigenvalue weighted by Gasteiger charge is 2.17. The van der Waals surface area contributed by atoms with Crippen molar-refractivity contribution in [1.29, 1.82) is 0 Å². The molecule has 10 heteroatoms. The Balaban J connectivity index is 1.74. The number of nitrogens with zero attached hydrogens (tertiary/aromatic N) is 1. The summed E-state index contributed by atoms with van der Waals surface area (Å²) < 4.78 is 38.6. The maximum atomic E-state index is 12.6. The van der Waals surface area contributed by atoms with Crippen molar-refractivity contribution in [2.24, 2.45) is 0 Å². The number of rotatable bonds is 8. The first-order valence-corrected chi connectivity index (χ1v) is 11.4. The highest BCUT2D eigenvalue weighted by Crippen LogP contribution is 2.28. The highest BCUT2D eigenvalue weighted by atomic mass is 32.2. The van der Waals surface area contributed by atoms with Crippen molar-refractivity contribution in [3.05, 3.63) is 52.7 Å². The van der Waals surface area contributed by atoms with Gasteiger partial charge in [0.15, 0.2) is 5.76 Å². The van der Waals surface area contributed by atoms with Gasteiger partial charge < -0.3 is 14.6 Å². The number of ether oxygens (including phenoxy) is 1. The van der Waals surface area contributed by atoms with Gasteiger partial charge in [-0.15, -0.1) is 11.3 Å². The molecule has 0 aliphatic rings. The second-order valence-corrected chi connectivity index (χ2v) is 9.27. The van der Waals surface area contributed by atoms with Crippen LogP contribution in [0.15, 0.2) is 45.1 Å². The third-order valence-electron chi connectivity index (χ3n) is 3.87. The Morgan fingerprint density at radius 3 is 2.60 bits per heavy atom. The zero-order valence-electron chi connectivity index (χ0n) is 16.6. The van der Waals surface area contributed by atoms with Crippen LogP contribution in [0.2, 0.25) is 0 Å². The molecule has 3 aromatic rings. The van der Waals surface area contributed by atoms with Crippen molar-refractivity contribution in [1.82, 2.24) is 5.16 Å². The normalized spacial score (nSPS) is 11.6. The second-order valence-electron chi connectivity index (χ2n) is 6.24. The van der Waals surface area contributed by atoms with Crippen molar-refractivity contribution in [2.45, 2.75) is 25.0 Å². The summed E-state index contributed by atoms with van der Waals surface area (Å²) in [6.45, 7) is 5.53. The molecule has 158 valence electrons. The molecule has 1 amide bonds. The fourth-order valence-corrected chi connectivity index (χ4v) is 4.83. The van der Waals surface area contributed by atoms with Gasteiger partial charge in [0.25, 0.3) is 10.0 Å². The number of thiophene rings is 1. The molecule has 0 saturated carbocycles. The minimum absolute atomic E-state index is 0.173. The largest absolute Gasteiger partial charge is 0.494 e. The van der Waals surface area contributed by atoms with Crippen LogP contribution in [0.3, 0.4) is 0 Å². The Hall–Kier alpha value is -3.11. The summed E-state index contributed by atoms with van der Waals surface area (Å²) in [5, 5.41) is 6.51. The van der Waals surface area contributed by atoms with E-state index in [9.17, 15) is 13.2 Å². The molecule has 2 aromatic heterocycles. The summed E-state index contributed by atoms with van der Waals surface area (Å²) in [7, 11) is -3.72. The summed E-state index contributed by atoms with van der Waals surface area (Å²) in [6.07, 6.45) is 3.33. The molecule has 3 rings (SSSR count). The Kier molecular flexibility index (Phi) is 6.58. The van der Waals surface area contributed by atoms with E-state index < -0.39 is 10.0 Å². The van der Waals surface area contributed by atoms with Crippen LogP contribution in [0.5, 0.6) is 5.75 Å². The third-order valence-corrected chi connectivity index (χ3v) is 6.80. The molecule has 0 atom stereocenters. The van der Waals surface area contributed by atoms with Gasteiger partial charge in [-0.2, -0.15) is 0 Å². The molecule has 0 spiro atoms. The monoisotopic (exact) mass is 447 g/mol. The zero-order chi connectivity index (χ0) is 21.7. The molecule has 0 aliphatic carbocycles. The van der Waals surface area contributed by atoms with Gasteiger partial charge in [-0.1, -0.05) is 5.16 Å². The summed E-state index contributed by atoms with van der Waals surface area (Å²) in [4.78, 5) is 12.0. The first-order chi connectivity index (χ1) is 14.3. The number of carbonyl (C=O) groups excluding carboxylic acids is 1. The number of nitrogens with one attached hydrogen (secondary N) is 2. The maximum Gasteiger partial charge on any atom is 0.271 e. The van der Waals surface area contributed by atoms with Gasteiger partial charge >= 0.3 is 0 Å². The van der Waals surface area contributed by atoms with Crippen LogP contribution in [-0.4, -0.2) is 26.1 Å². The molecule has 8 nitrogen and oxygen atoms in total. The van der Waals surface area contributed by atoms with E-state index in [0.717, 1.165) is 11.3 Å². The second kappa shape index (κ2) is 9.14. The van der Waals surface area contributed by atoms with E-state index in [1.807, 2.05) is 6.92 Å². The molecule has 0 unspecified atom stereocenters. The maximum absolute atomic E-state index is 12.6. The van der Waals surface area contributed by atoms with Crippen molar-refractivity contribution in [2.75, 3.05) is 16.6 Å². The number of sulfonamides is 1. The van der Waals surface area contributed by atoms with E-state index >= 15 is 0 Å². The first-order valence-electron chi connectivity index (χ1n) is 9.06. The predicted octanol–water partition coefficient (Wildman–Crippen LogP) is 4.37. The van der Waals surface area contributed by atoms with Gasteiger partial charge in [0, 0.05) is 17.5 Å². The lowest BCUT2D eigenvalue weighted by Gasteiger charge is -2.07. The van der Waals surface area contributed by atoms with E-state index in [4.69, 9.17) is 9.26 Å². The molecule has 0 aliphatic heterocycles. The van der Waals surface area contributed by atoms with Gasteiger partial charge in [-0.25, -0.2) is 8.42 Å². The molecule has 2 N–H and O–H groups in total. The quantitative estimate of drug-likeness (QED) is 0.530. The lowest BCUT2D eigenvalue weighted by atomic mass is 10.2. The average Bonchev–Trinajstić information content (AvgIpc) is 3.30. The number of carbonyl (C=O) groups is 1. The molecule has 1 aromatic carbocycles. The molecule has 0 bridgehead atoms. The van der Waals surface area contributed by atoms with Crippen molar-refractivity contribution in [3.8, 4) is 5.75 Å². The van der Waals surface area contributed by atoms with E-state index in [1.165, 1.54) is 13.0 Å². The van der Waals surface area contributed by atoms with Gasteiger partial charge in [-0.05, 0) is 62.4 Å². The number of amides is 1. The van der Waals surface area contributed by atoms with Crippen LogP contribution in [-0.2, 0) is 14.8 Å². The highest BCUT2D eigenvalue weighted by molar-refractivity contribution is 7.94. The van der Waals surface area contributed by atoms with Crippen molar-refractivity contribution >= 4 is 50.8 Å². The number of anilines is 2. The molecular weight excluding hydrogens is 426 g/mol. The fourth-order valence-electron chi connectivity index (χ4n) is 2.55. The molecule has 30 heavy (non-hydrogen) atoms. The van der Waals surface area contributed by atoms with Crippen LogP contribution in [0.4, 0.5) is 11.4 Å². The third kappa shape index (κ3) is 5.28. The number of benzene rings is 1. The van der Waals surface area contributed by atoms with Crippen LogP contribution < -0.4 is 14.8 Å². The van der Waals surface area contributed by atoms with E-state index in [2.05, 4.69) is 15.2 Å². The Labute approximate surface area is 178 Å². The molecule has 0 fully saturated rings. The van der Waals surface area contributed by atoms with Gasteiger partial charge in [0.05, 0.1) is 6.61 Å². The van der Waals surface area contributed by atoms with Gasteiger partial charge in [0.1, 0.15) is 21.3 Å². The smallest absolute Gasteiger partial charge is 0.271 e. The van der Waals surface area contributed by atoms with Gasteiger partial charge in [-0.3, -0.25) is 9.52 Å². The zero-order valence-corrected chi connectivity index (χ0v) is 18.3. The predicted molar refractivity (Wildman–Crippen MR) is 117 cm³/mol. The van der Waals surface area contributed by atoms with Gasteiger partial charge in [0.2, 0.25) is 5.91 Å². The number of aromatic nitrogens is 1. The molecule has 0 radical (unpaired) electrons. The lowest BCUT2D eigenvalue weighted by Crippen LogP contribution is -2.11. The summed E-state index contributed by atoms with van der Waals surface area (Å²) >= 11 is 1.10. The van der Waals surface area contributed by atoms with Crippen molar-refractivity contribution in [3.63, 3.8) is 0 Å². The summed E-state index contributed by atoms with van der Waals surface area (Å²) in [6, 6.07) is 9.92. The Bertz CT molecular complexity index is 1160. The Morgan fingerprint density at radius 1 is 1.20 bits per heavy atom. The number of hydrogen-bond acceptors (Lipinski definition) is 7. The minimum Gasteiger partial charge on any atom is -0.494 e. The average molecular weight is 448 g/mol. The minimum atomic E-state index is -3.72. The molecule has 2 heterocycles. The lowest BCUT2D eigenvalue weighted by molar-refractivity contribution is -0.114. The van der Waals surface area contributed by atoms with E-state index in [-0.39, 0.29) is 10.1 Å². The topological polar surface area (TPSA) is 111 Å². The van der Waals surface area contributed by atoms with Crippen LogP contribution in [0.25, 0.3) is 12.2 Å². The number of hydrogen-bond donors (Lipinski definition) is 2. The Morgan fingerprint density at radius 2 is 1.93 bits per heavy atom. The summed E-state index contributed by atoms with van der Waals surface area (Å²) in [5.41, 5.74) is 1.49. The van der Waals surface area contributed by atoms with Crippen molar-refractivity contribution < 1.29 is 22.5 Å². The van der Waals surface area contributed by atoms with E-state index in [0.29, 0.717) is 40.1 Å².